The number of non-ortho nitro benzene ring substituents is 1. The Balaban J connectivity index is 1.77. The van der Waals surface area contributed by atoms with Crippen molar-refractivity contribution in [2.24, 2.45) is 4.99 Å². The van der Waals surface area contributed by atoms with Crippen LogP contribution < -0.4 is 10.1 Å². The Morgan fingerprint density at radius 3 is 2.44 bits per heavy atom. The second-order valence-electron chi connectivity index (χ2n) is 5.03. The first kappa shape index (κ1) is 16.7. The van der Waals surface area contributed by atoms with E-state index in [4.69, 9.17) is 4.74 Å². The SMILES string of the molecule is COc1ccc(N=C2NC(=O)/C(=C/c3ccc([N+](=O)[O-])cc3)S2)cc1. The fourth-order valence-electron chi connectivity index (χ4n) is 2.10. The van der Waals surface area contributed by atoms with Crippen LogP contribution in [-0.4, -0.2) is 23.1 Å². The molecule has 7 nitrogen and oxygen atoms in total. The summed E-state index contributed by atoms with van der Waals surface area (Å²) in [4.78, 5) is 27.1. The van der Waals surface area contributed by atoms with Gasteiger partial charge in [0.1, 0.15) is 5.75 Å². The molecule has 0 bridgehead atoms. The molecule has 1 aliphatic heterocycles. The molecular formula is C17H13N3O4S. The van der Waals surface area contributed by atoms with E-state index in [1.54, 1.807) is 49.6 Å². The number of hydrogen-bond donors (Lipinski definition) is 1. The van der Waals surface area contributed by atoms with Gasteiger partial charge in [-0.05, 0) is 59.8 Å². The standard InChI is InChI=1S/C17H13N3O4S/c1-24-14-8-4-12(5-9-14)18-17-19-16(21)15(25-17)10-11-2-6-13(7-3-11)20(22)23/h2-10H,1H3,(H,18,19,21)/b15-10-. The lowest BCUT2D eigenvalue weighted by molar-refractivity contribution is -0.384. The van der Waals surface area contributed by atoms with Gasteiger partial charge in [-0.3, -0.25) is 14.9 Å². The molecule has 0 radical (unpaired) electrons. The number of carbonyl (C=O) groups is 1. The summed E-state index contributed by atoms with van der Waals surface area (Å²) in [5, 5.41) is 13.8. The molecule has 1 aliphatic rings. The topological polar surface area (TPSA) is 93.8 Å². The predicted octanol–water partition coefficient (Wildman–Crippen LogP) is 3.50. The van der Waals surface area contributed by atoms with Crippen molar-refractivity contribution in [3.05, 3.63) is 69.1 Å². The maximum absolute atomic E-state index is 12.0. The largest absolute Gasteiger partial charge is 0.497 e. The Kier molecular flexibility index (Phi) is 4.80. The zero-order valence-electron chi connectivity index (χ0n) is 13.1. The third kappa shape index (κ3) is 4.04. The van der Waals surface area contributed by atoms with Crippen LogP contribution in [0.1, 0.15) is 5.56 Å². The highest BCUT2D eigenvalue weighted by atomic mass is 32.2. The minimum atomic E-state index is -0.465. The lowest BCUT2D eigenvalue weighted by Crippen LogP contribution is -2.19. The number of hydrogen-bond acceptors (Lipinski definition) is 6. The third-order valence-electron chi connectivity index (χ3n) is 3.36. The van der Waals surface area contributed by atoms with Gasteiger partial charge in [-0.15, -0.1) is 0 Å². The molecule has 0 aliphatic carbocycles. The second-order valence-corrected chi connectivity index (χ2v) is 6.06. The molecule has 2 aromatic rings. The molecule has 0 saturated carbocycles. The van der Waals surface area contributed by atoms with E-state index in [0.29, 0.717) is 21.3 Å². The zero-order valence-corrected chi connectivity index (χ0v) is 13.9. The molecule has 1 N–H and O–H groups in total. The van der Waals surface area contributed by atoms with E-state index in [-0.39, 0.29) is 11.6 Å². The normalized spacial score (nSPS) is 16.9. The summed E-state index contributed by atoms with van der Waals surface area (Å²) in [6.07, 6.45) is 1.67. The minimum absolute atomic E-state index is 0.00688. The first-order valence-corrected chi connectivity index (χ1v) is 8.05. The molecule has 25 heavy (non-hydrogen) atoms. The molecule has 1 heterocycles. The van der Waals surface area contributed by atoms with Gasteiger partial charge in [-0.25, -0.2) is 4.99 Å². The highest BCUT2D eigenvalue weighted by molar-refractivity contribution is 8.18. The number of thioether (sulfide) groups is 1. The van der Waals surface area contributed by atoms with E-state index < -0.39 is 4.92 Å². The van der Waals surface area contributed by atoms with Crippen LogP contribution >= 0.6 is 11.8 Å². The van der Waals surface area contributed by atoms with Gasteiger partial charge >= 0.3 is 0 Å². The van der Waals surface area contributed by atoms with E-state index >= 15 is 0 Å². The fraction of sp³-hybridized carbons (Fsp3) is 0.0588. The van der Waals surface area contributed by atoms with Gasteiger partial charge in [0.2, 0.25) is 0 Å². The molecule has 0 unspecified atom stereocenters. The van der Waals surface area contributed by atoms with Gasteiger partial charge < -0.3 is 10.1 Å². The molecule has 126 valence electrons. The average molecular weight is 355 g/mol. The van der Waals surface area contributed by atoms with Crippen molar-refractivity contribution in [1.82, 2.24) is 5.32 Å². The van der Waals surface area contributed by atoms with E-state index in [9.17, 15) is 14.9 Å². The number of nitro groups is 1. The van der Waals surface area contributed by atoms with Crippen molar-refractivity contribution in [3.8, 4) is 5.75 Å². The number of ether oxygens (including phenoxy) is 1. The molecule has 0 atom stereocenters. The molecule has 1 amide bonds. The monoisotopic (exact) mass is 355 g/mol. The number of amides is 1. The quantitative estimate of drug-likeness (QED) is 0.515. The van der Waals surface area contributed by atoms with Crippen LogP contribution in [0.5, 0.6) is 5.75 Å². The first-order valence-electron chi connectivity index (χ1n) is 7.23. The molecule has 0 aromatic heterocycles. The first-order chi connectivity index (χ1) is 12.0. The number of aliphatic imine (C=N–C) groups is 1. The number of carbonyl (C=O) groups excluding carboxylic acids is 1. The maximum atomic E-state index is 12.0. The number of amidine groups is 1. The lowest BCUT2D eigenvalue weighted by atomic mass is 10.2. The molecule has 1 saturated heterocycles. The fourth-order valence-corrected chi connectivity index (χ4v) is 2.94. The van der Waals surface area contributed by atoms with Gasteiger partial charge in [0.05, 0.1) is 22.6 Å². The van der Waals surface area contributed by atoms with Crippen LogP contribution in [0.3, 0.4) is 0 Å². The summed E-state index contributed by atoms with van der Waals surface area (Å²) in [5.41, 5.74) is 1.40. The van der Waals surface area contributed by atoms with E-state index in [0.717, 1.165) is 5.75 Å². The predicted molar refractivity (Wildman–Crippen MR) is 96.9 cm³/mol. The summed E-state index contributed by atoms with van der Waals surface area (Å²) in [5.74, 6) is 0.474. The summed E-state index contributed by atoms with van der Waals surface area (Å²) in [6, 6.07) is 13.1. The van der Waals surface area contributed by atoms with Crippen molar-refractivity contribution in [2.45, 2.75) is 0 Å². The van der Waals surface area contributed by atoms with Gasteiger partial charge in [-0.1, -0.05) is 0 Å². The highest BCUT2D eigenvalue weighted by Crippen LogP contribution is 2.29. The summed E-state index contributed by atoms with van der Waals surface area (Å²) < 4.78 is 5.09. The Morgan fingerprint density at radius 1 is 1.16 bits per heavy atom. The number of benzene rings is 2. The van der Waals surface area contributed by atoms with Gasteiger partial charge in [0, 0.05) is 12.1 Å². The highest BCUT2D eigenvalue weighted by Gasteiger charge is 2.23. The number of methoxy groups -OCH3 is 1. The third-order valence-corrected chi connectivity index (χ3v) is 4.27. The number of nitrogens with zero attached hydrogens (tertiary/aromatic N) is 2. The van der Waals surface area contributed by atoms with Crippen LogP contribution in [0, 0.1) is 10.1 Å². The van der Waals surface area contributed by atoms with Gasteiger partial charge in [-0.2, -0.15) is 0 Å². The lowest BCUT2D eigenvalue weighted by Gasteiger charge is -1.99. The van der Waals surface area contributed by atoms with Crippen molar-refractivity contribution in [2.75, 3.05) is 7.11 Å². The Hall–Kier alpha value is -3.13. The molecule has 1 fully saturated rings. The Bertz CT molecular complexity index is 874. The van der Waals surface area contributed by atoms with E-state index in [1.165, 1.54) is 23.9 Å². The number of nitro benzene ring substituents is 1. The molecule has 2 aromatic carbocycles. The van der Waals surface area contributed by atoms with Gasteiger partial charge in [0.15, 0.2) is 5.17 Å². The second kappa shape index (κ2) is 7.18. The van der Waals surface area contributed by atoms with Gasteiger partial charge in [0.25, 0.3) is 11.6 Å². The van der Waals surface area contributed by atoms with Crippen LogP contribution in [-0.2, 0) is 4.79 Å². The Labute approximate surface area is 147 Å². The zero-order chi connectivity index (χ0) is 17.8. The van der Waals surface area contributed by atoms with E-state index in [2.05, 4.69) is 10.3 Å². The average Bonchev–Trinajstić information content (AvgIpc) is 2.95. The molecule has 8 heteroatoms. The molecular weight excluding hydrogens is 342 g/mol. The van der Waals surface area contributed by atoms with Crippen LogP contribution in [0.2, 0.25) is 0 Å². The van der Waals surface area contributed by atoms with Crippen LogP contribution in [0.15, 0.2) is 58.4 Å². The van der Waals surface area contributed by atoms with Crippen molar-refractivity contribution in [1.29, 1.82) is 0 Å². The summed E-state index contributed by atoms with van der Waals surface area (Å²) >= 11 is 1.21. The summed E-state index contributed by atoms with van der Waals surface area (Å²) in [7, 11) is 1.59. The van der Waals surface area contributed by atoms with E-state index in [1.807, 2.05) is 0 Å². The molecule has 3 rings (SSSR count). The van der Waals surface area contributed by atoms with Crippen molar-refractivity contribution >= 4 is 40.3 Å². The number of rotatable bonds is 4. The van der Waals surface area contributed by atoms with Crippen molar-refractivity contribution < 1.29 is 14.5 Å². The van der Waals surface area contributed by atoms with Crippen LogP contribution in [0.4, 0.5) is 11.4 Å². The smallest absolute Gasteiger partial charge is 0.269 e. The summed E-state index contributed by atoms with van der Waals surface area (Å²) in [6.45, 7) is 0. The van der Waals surface area contributed by atoms with Crippen LogP contribution in [0.25, 0.3) is 6.08 Å². The molecule has 0 spiro atoms. The maximum Gasteiger partial charge on any atom is 0.269 e. The number of nitrogens with one attached hydrogen (secondary N) is 1. The Morgan fingerprint density at radius 2 is 1.84 bits per heavy atom. The van der Waals surface area contributed by atoms with Crippen molar-refractivity contribution in [3.63, 3.8) is 0 Å². The minimum Gasteiger partial charge on any atom is -0.497 e.